The fourth-order valence-corrected chi connectivity index (χ4v) is 5.50. The summed E-state index contributed by atoms with van der Waals surface area (Å²) in [7, 11) is 0. The molecule has 2 aromatic rings. The summed E-state index contributed by atoms with van der Waals surface area (Å²) in [5.41, 5.74) is 3.64. The predicted molar refractivity (Wildman–Crippen MR) is 142 cm³/mol. The van der Waals surface area contributed by atoms with Gasteiger partial charge in [-0.1, -0.05) is 63.3 Å². The molecule has 3 N–H and O–H groups in total. The highest BCUT2D eigenvalue weighted by Crippen LogP contribution is 2.48. The van der Waals surface area contributed by atoms with E-state index in [4.69, 9.17) is 10.1 Å². The minimum Gasteiger partial charge on any atom is -0.490 e. The van der Waals surface area contributed by atoms with Gasteiger partial charge >= 0.3 is 5.97 Å². The summed E-state index contributed by atoms with van der Waals surface area (Å²) in [4.78, 5) is 11.8. The molecule has 2 aliphatic carbocycles. The average molecular weight is 475 g/mol. The zero-order valence-electron chi connectivity index (χ0n) is 20.9. The molecular weight excluding hydrogens is 436 g/mol. The maximum atomic E-state index is 11.8. The molecule has 5 nitrogen and oxygen atoms in total. The first-order valence-electron chi connectivity index (χ1n) is 13.1. The van der Waals surface area contributed by atoms with Crippen molar-refractivity contribution < 1.29 is 14.6 Å². The molecule has 0 aliphatic heterocycles. The van der Waals surface area contributed by atoms with Crippen molar-refractivity contribution in [3.63, 3.8) is 0 Å². The summed E-state index contributed by atoms with van der Waals surface area (Å²) in [5, 5.41) is 20.7. The van der Waals surface area contributed by atoms with Crippen LogP contribution in [0, 0.1) is 23.2 Å². The van der Waals surface area contributed by atoms with Crippen LogP contribution in [0.1, 0.15) is 65.2 Å². The Kier molecular flexibility index (Phi) is 8.27. The molecule has 186 valence electrons. The molecule has 2 unspecified atom stereocenters. The third-order valence-electron chi connectivity index (χ3n) is 7.56. The van der Waals surface area contributed by atoms with E-state index in [2.05, 4.69) is 37.4 Å². The highest BCUT2D eigenvalue weighted by atomic mass is 16.5. The van der Waals surface area contributed by atoms with E-state index in [0.29, 0.717) is 17.5 Å². The Bertz CT molecular complexity index is 1070. The first-order valence-corrected chi connectivity index (χ1v) is 13.1. The highest BCUT2D eigenvalue weighted by Gasteiger charge is 2.41. The number of hydrogen-bond acceptors (Lipinski definition) is 4. The van der Waals surface area contributed by atoms with Crippen molar-refractivity contribution in [3.8, 4) is 16.9 Å². The molecule has 0 bridgehead atoms. The maximum absolute atomic E-state index is 11.8. The van der Waals surface area contributed by atoms with Crippen LogP contribution in [0.3, 0.4) is 0 Å². The minimum atomic E-state index is -1.06. The second kappa shape index (κ2) is 11.6. The first kappa shape index (κ1) is 25.0. The summed E-state index contributed by atoms with van der Waals surface area (Å²) in [5.74, 6) is 1.11. The van der Waals surface area contributed by atoms with Gasteiger partial charge in [0.05, 0.1) is 11.7 Å². The number of carboxylic acid groups (broad SMARTS) is 1. The van der Waals surface area contributed by atoms with E-state index in [1.807, 2.05) is 30.3 Å². The number of benzene rings is 2. The Morgan fingerprint density at radius 3 is 2.54 bits per heavy atom. The zero-order chi connectivity index (χ0) is 24.8. The van der Waals surface area contributed by atoms with Crippen molar-refractivity contribution in [2.24, 2.45) is 17.8 Å². The molecule has 0 amide bonds. The van der Waals surface area contributed by atoms with Crippen molar-refractivity contribution in [3.05, 3.63) is 59.8 Å². The zero-order valence-corrected chi connectivity index (χ0v) is 20.9. The fraction of sp³-hybridized carbons (Fsp3) is 0.467. The van der Waals surface area contributed by atoms with Crippen molar-refractivity contribution >= 4 is 17.9 Å². The van der Waals surface area contributed by atoms with Gasteiger partial charge in [0.15, 0.2) is 0 Å². The molecule has 35 heavy (non-hydrogen) atoms. The summed E-state index contributed by atoms with van der Waals surface area (Å²) < 4.78 is 6.34. The first-order chi connectivity index (χ1) is 17.0. The van der Waals surface area contributed by atoms with E-state index in [1.165, 1.54) is 32.1 Å². The summed E-state index contributed by atoms with van der Waals surface area (Å²) in [6.45, 7) is 4.34. The van der Waals surface area contributed by atoms with Crippen LogP contribution >= 0.6 is 0 Å². The van der Waals surface area contributed by atoms with Gasteiger partial charge in [-0.25, -0.2) is 4.79 Å². The molecular formula is C30H38N2O3. The Morgan fingerprint density at radius 2 is 1.86 bits per heavy atom. The summed E-state index contributed by atoms with van der Waals surface area (Å²) in [6.07, 6.45) is 10.7. The summed E-state index contributed by atoms with van der Waals surface area (Å²) >= 11 is 0. The van der Waals surface area contributed by atoms with E-state index < -0.39 is 5.97 Å². The molecule has 0 saturated heterocycles. The number of allylic oxidation sites excluding steroid dienone is 1. The molecule has 0 heterocycles. The van der Waals surface area contributed by atoms with Gasteiger partial charge in [0.1, 0.15) is 5.75 Å². The van der Waals surface area contributed by atoms with Crippen LogP contribution in [-0.4, -0.2) is 23.4 Å². The Balaban J connectivity index is 1.53. The molecule has 2 saturated carbocycles. The number of aliphatic carboxylic acids is 1. The van der Waals surface area contributed by atoms with E-state index in [1.54, 1.807) is 0 Å². The van der Waals surface area contributed by atoms with Crippen molar-refractivity contribution in [2.75, 3.05) is 5.32 Å². The van der Waals surface area contributed by atoms with Gasteiger partial charge in [-0.05, 0) is 73.4 Å². The van der Waals surface area contributed by atoms with Crippen LogP contribution in [0.4, 0.5) is 5.69 Å². The van der Waals surface area contributed by atoms with Gasteiger partial charge in [0.2, 0.25) is 0 Å². The monoisotopic (exact) mass is 474 g/mol. The Morgan fingerprint density at radius 1 is 1.14 bits per heavy atom. The number of anilines is 1. The quantitative estimate of drug-likeness (QED) is 0.232. The SMILES string of the molecule is CCCC1C[C@H]1/C(Nc1cccc(-c2cccc(OC(C)C3CCCCC3)c2)c1)=C(/C=N)C(=O)O. The van der Waals surface area contributed by atoms with E-state index in [-0.39, 0.29) is 17.6 Å². The second-order valence-electron chi connectivity index (χ2n) is 10.1. The lowest BCUT2D eigenvalue weighted by atomic mass is 9.86. The maximum Gasteiger partial charge on any atom is 0.339 e. The normalized spacial score (nSPS) is 21.5. The number of hydrogen-bond donors (Lipinski definition) is 3. The lowest BCUT2D eigenvalue weighted by molar-refractivity contribution is -0.132. The third-order valence-corrected chi connectivity index (χ3v) is 7.56. The standard InChI is InChI=1S/C30H38N2O3/c1-3-9-24-18-27(24)29(28(19-31)30(33)34)32-25-14-7-12-22(16-25)23-13-8-15-26(17-23)35-20(2)21-10-5-4-6-11-21/h7-8,12-17,19-21,24,27,31-32H,3-6,9-11,18H2,1-2H3,(H,33,34)/b29-28+,31-19?/t20?,24?,27-/m1/s1. The number of carbonyl (C=O) groups is 1. The lowest BCUT2D eigenvalue weighted by Crippen LogP contribution is -2.25. The molecule has 3 atom stereocenters. The third kappa shape index (κ3) is 6.33. The van der Waals surface area contributed by atoms with E-state index in [9.17, 15) is 9.90 Å². The highest BCUT2D eigenvalue weighted by molar-refractivity contribution is 6.09. The molecule has 2 fully saturated rings. The van der Waals surface area contributed by atoms with Crippen LogP contribution in [0.15, 0.2) is 59.8 Å². The van der Waals surface area contributed by atoms with Gasteiger partial charge in [0, 0.05) is 23.5 Å². The van der Waals surface area contributed by atoms with Crippen LogP contribution in [0.5, 0.6) is 5.75 Å². The molecule has 0 aromatic heterocycles. The molecule has 5 heteroatoms. The van der Waals surface area contributed by atoms with Gasteiger partial charge in [-0.15, -0.1) is 0 Å². The van der Waals surface area contributed by atoms with Crippen molar-refractivity contribution in [1.29, 1.82) is 5.41 Å². The molecule has 2 aliphatic rings. The number of rotatable bonds is 11. The van der Waals surface area contributed by atoms with Crippen LogP contribution < -0.4 is 10.1 Å². The predicted octanol–water partition coefficient (Wildman–Crippen LogP) is 7.54. The van der Waals surface area contributed by atoms with Crippen LogP contribution in [0.2, 0.25) is 0 Å². The average Bonchev–Trinajstić information content (AvgIpc) is 3.64. The largest absolute Gasteiger partial charge is 0.490 e. The smallest absolute Gasteiger partial charge is 0.339 e. The Hall–Kier alpha value is -3.08. The van der Waals surface area contributed by atoms with Crippen LogP contribution in [0.25, 0.3) is 11.1 Å². The fourth-order valence-electron chi connectivity index (χ4n) is 5.50. The molecule has 0 radical (unpaired) electrons. The number of carboxylic acids is 1. The number of ether oxygens (including phenoxy) is 1. The Labute approximate surface area is 209 Å². The van der Waals surface area contributed by atoms with Gasteiger partial charge in [-0.2, -0.15) is 0 Å². The van der Waals surface area contributed by atoms with Gasteiger partial charge in [0.25, 0.3) is 0 Å². The molecule has 2 aromatic carbocycles. The van der Waals surface area contributed by atoms with Gasteiger partial charge < -0.3 is 20.6 Å². The second-order valence-corrected chi connectivity index (χ2v) is 10.1. The molecule has 0 spiro atoms. The van der Waals surface area contributed by atoms with E-state index in [0.717, 1.165) is 48.0 Å². The van der Waals surface area contributed by atoms with E-state index >= 15 is 0 Å². The minimum absolute atomic E-state index is 0.0473. The van der Waals surface area contributed by atoms with Crippen molar-refractivity contribution in [1.82, 2.24) is 0 Å². The van der Waals surface area contributed by atoms with Crippen molar-refractivity contribution in [2.45, 2.75) is 71.3 Å². The lowest BCUT2D eigenvalue weighted by Gasteiger charge is -2.28. The topological polar surface area (TPSA) is 82.4 Å². The van der Waals surface area contributed by atoms with Crippen LogP contribution in [-0.2, 0) is 4.79 Å². The summed E-state index contributed by atoms with van der Waals surface area (Å²) in [6, 6.07) is 16.3. The molecule has 4 rings (SSSR count). The van der Waals surface area contributed by atoms with Gasteiger partial charge in [-0.3, -0.25) is 0 Å². The number of nitrogens with one attached hydrogen (secondary N) is 2.